The topological polar surface area (TPSA) is 21.3 Å². The molecule has 0 amide bonds. The Morgan fingerprint density at radius 2 is 2.06 bits per heavy atom. The maximum Gasteiger partial charge on any atom is 0.119 e. The van der Waals surface area contributed by atoms with Crippen molar-refractivity contribution in [3.05, 3.63) is 28.2 Å². The number of hydrogen-bond acceptors (Lipinski definition) is 2. The quantitative estimate of drug-likeness (QED) is 0.910. The van der Waals surface area contributed by atoms with Crippen LogP contribution in [0.15, 0.2) is 22.7 Å². The Morgan fingerprint density at radius 1 is 1.35 bits per heavy atom. The van der Waals surface area contributed by atoms with Gasteiger partial charge < -0.3 is 10.1 Å². The molecule has 0 heterocycles. The van der Waals surface area contributed by atoms with Gasteiger partial charge in [0.25, 0.3) is 0 Å². The summed E-state index contributed by atoms with van der Waals surface area (Å²) >= 11 is 3.65. The van der Waals surface area contributed by atoms with Crippen LogP contribution in [0, 0.1) is 5.92 Å². The Bertz CT molecular complexity index is 374. The molecule has 94 valence electrons. The van der Waals surface area contributed by atoms with Gasteiger partial charge in [0.2, 0.25) is 0 Å². The predicted molar refractivity (Wildman–Crippen MR) is 74.5 cm³/mol. The average molecular weight is 298 g/mol. The first-order valence-electron chi connectivity index (χ1n) is 6.27. The molecule has 3 heteroatoms. The van der Waals surface area contributed by atoms with E-state index in [1.807, 2.05) is 6.07 Å². The molecule has 0 spiro atoms. The number of ether oxygens (including phenoxy) is 1. The highest BCUT2D eigenvalue weighted by Crippen LogP contribution is 2.39. The Morgan fingerprint density at radius 3 is 2.65 bits per heavy atom. The van der Waals surface area contributed by atoms with Crippen LogP contribution < -0.4 is 10.1 Å². The lowest BCUT2D eigenvalue weighted by Gasteiger charge is -2.24. The molecule has 0 aromatic heterocycles. The molecule has 2 rings (SSSR count). The van der Waals surface area contributed by atoms with E-state index in [1.54, 1.807) is 7.11 Å². The molecule has 17 heavy (non-hydrogen) atoms. The van der Waals surface area contributed by atoms with E-state index in [2.05, 4.69) is 40.4 Å². The summed E-state index contributed by atoms with van der Waals surface area (Å²) in [5.41, 5.74) is 1.32. The maximum atomic E-state index is 5.32. The summed E-state index contributed by atoms with van der Waals surface area (Å²) < 4.78 is 6.49. The van der Waals surface area contributed by atoms with Crippen LogP contribution in [-0.2, 0) is 0 Å². The van der Waals surface area contributed by atoms with E-state index < -0.39 is 0 Å². The van der Waals surface area contributed by atoms with E-state index in [0.717, 1.165) is 11.7 Å². The SMILES string of the molecule is CNC(c1cc(OC)ccc1Br)C1CCCC1. The van der Waals surface area contributed by atoms with Crippen molar-refractivity contribution in [2.45, 2.75) is 31.7 Å². The predicted octanol–water partition coefficient (Wildman–Crippen LogP) is 3.91. The Balaban J connectivity index is 2.28. The number of rotatable bonds is 4. The normalized spacial score (nSPS) is 18.3. The standard InChI is InChI=1S/C14H20BrNO/c1-16-14(10-5-3-4-6-10)12-9-11(17-2)7-8-13(12)15/h7-10,14,16H,3-6H2,1-2H3. The summed E-state index contributed by atoms with van der Waals surface area (Å²) in [6.45, 7) is 0. The molecule has 0 radical (unpaired) electrons. The fraction of sp³-hybridized carbons (Fsp3) is 0.571. The van der Waals surface area contributed by atoms with E-state index in [9.17, 15) is 0 Å². The summed E-state index contributed by atoms with van der Waals surface area (Å²) in [6.07, 6.45) is 5.39. The molecule has 1 aliphatic rings. The molecule has 2 nitrogen and oxygen atoms in total. The third-order valence-electron chi connectivity index (χ3n) is 3.72. The lowest BCUT2D eigenvalue weighted by molar-refractivity contribution is 0.383. The van der Waals surface area contributed by atoms with Crippen LogP contribution in [-0.4, -0.2) is 14.2 Å². The minimum atomic E-state index is 0.432. The monoisotopic (exact) mass is 297 g/mol. The fourth-order valence-electron chi connectivity index (χ4n) is 2.82. The summed E-state index contributed by atoms with van der Waals surface area (Å²) in [6, 6.07) is 6.65. The molecule has 1 aromatic carbocycles. The van der Waals surface area contributed by atoms with E-state index in [4.69, 9.17) is 4.74 Å². The molecule has 1 aliphatic carbocycles. The largest absolute Gasteiger partial charge is 0.497 e. The van der Waals surface area contributed by atoms with Gasteiger partial charge in [-0.05, 0) is 49.6 Å². The minimum absolute atomic E-state index is 0.432. The van der Waals surface area contributed by atoms with E-state index >= 15 is 0 Å². The molecule has 0 saturated heterocycles. The van der Waals surface area contributed by atoms with Crippen molar-refractivity contribution in [3.8, 4) is 5.75 Å². The first kappa shape index (κ1) is 12.9. The van der Waals surface area contributed by atoms with Crippen molar-refractivity contribution >= 4 is 15.9 Å². The molecular weight excluding hydrogens is 278 g/mol. The van der Waals surface area contributed by atoms with Gasteiger partial charge in [0, 0.05) is 10.5 Å². The molecule has 0 bridgehead atoms. The van der Waals surface area contributed by atoms with E-state index in [1.165, 1.54) is 35.7 Å². The molecular formula is C14H20BrNO. The second-order valence-corrected chi connectivity index (χ2v) is 5.55. The van der Waals surface area contributed by atoms with Gasteiger partial charge in [-0.2, -0.15) is 0 Å². The molecule has 1 fully saturated rings. The van der Waals surface area contributed by atoms with E-state index in [-0.39, 0.29) is 0 Å². The van der Waals surface area contributed by atoms with E-state index in [0.29, 0.717) is 6.04 Å². The molecule has 1 atom stereocenters. The van der Waals surface area contributed by atoms with Crippen LogP contribution in [0.25, 0.3) is 0 Å². The molecule has 1 N–H and O–H groups in total. The number of benzene rings is 1. The first-order valence-corrected chi connectivity index (χ1v) is 7.06. The Labute approximate surface area is 112 Å². The second kappa shape index (κ2) is 5.87. The van der Waals surface area contributed by atoms with Gasteiger partial charge in [-0.3, -0.25) is 0 Å². The van der Waals surface area contributed by atoms with Crippen molar-refractivity contribution in [1.29, 1.82) is 0 Å². The third kappa shape index (κ3) is 2.83. The van der Waals surface area contributed by atoms with Gasteiger partial charge in [0.1, 0.15) is 5.75 Å². The Kier molecular flexibility index (Phi) is 4.46. The summed E-state index contributed by atoms with van der Waals surface area (Å²) in [5.74, 6) is 1.69. The molecule has 0 aliphatic heterocycles. The number of nitrogens with one attached hydrogen (secondary N) is 1. The van der Waals surface area contributed by atoms with Crippen LogP contribution in [0.5, 0.6) is 5.75 Å². The lowest BCUT2D eigenvalue weighted by Crippen LogP contribution is -2.24. The summed E-state index contributed by atoms with van der Waals surface area (Å²) in [4.78, 5) is 0. The smallest absolute Gasteiger partial charge is 0.119 e. The molecule has 1 aromatic rings. The first-order chi connectivity index (χ1) is 8.26. The maximum absolute atomic E-state index is 5.32. The number of methoxy groups -OCH3 is 1. The van der Waals surface area contributed by atoms with Crippen molar-refractivity contribution < 1.29 is 4.74 Å². The van der Waals surface area contributed by atoms with Gasteiger partial charge in [0.05, 0.1) is 7.11 Å². The fourth-order valence-corrected chi connectivity index (χ4v) is 3.32. The van der Waals surface area contributed by atoms with Crippen molar-refractivity contribution in [2.75, 3.05) is 14.2 Å². The van der Waals surface area contributed by atoms with Crippen molar-refractivity contribution in [1.82, 2.24) is 5.32 Å². The van der Waals surface area contributed by atoms with Crippen molar-refractivity contribution in [3.63, 3.8) is 0 Å². The molecule has 1 saturated carbocycles. The molecule has 1 unspecified atom stereocenters. The van der Waals surface area contributed by atoms with Crippen LogP contribution in [0.1, 0.15) is 37.3 Å². The zero-order chi connectivity index (χ0) is 12.3. The number of halogens is 1. The Hall–Kier alpha value is -0.540. The summed E-state index contributed by atoms with van der Waals surface area (Å²) in [5, 5.41) is 3.47. The van der Waals surface area contributed by atoms with Gasteiger partial charge >= 0.3 is 0 Å². The van der Waals surface area contributed by atoms with Gasteiger partial charge in [-0.25, -0.2) is 0 Å². The lowest BCUT2D eigenvalue weighted by atomic mass is 9.91. The second-order valence-electron chi connectivity index (χ2n) is 4.70. The highest BCUT2D eigenvalue weighted by molar-refractivity contribution is 9.10. The van der Waals surface area contributed by atoms with Crippen LogP contribution in [0.4, 0.5) is 0 Å². The van der Waals surface area contributed by atoms with Crippen LogP contribution in [0.2, 0.25) is 0 Å². The zero-order valence-electron chi connectivity index (χ0n) is 10.5. The third-order valence-corrected chi connectivity index (χ3v) is 4.44. The van der Waals surface area contributed by atoms with Crippen LogP contribution in [0.3, 0.4) is 0 Å². The number of hydrogen-bond donors (Lipinski definition) is 1. The summed E-state index contributed by atoms with van der Waals surface area (Å²) in [7, 11) is 3.77. The van der Waals surface area contributed by atoms with Crippen molar-refractivity contribution in [2.24, 2.45) is 5.92 Å². The highest BCUT2D eigenvalue weighted by Gasteiger charge is 2.26. The van der Waals surface area contributed by atoms with Crippen LogP contribution >= 0.6 is 15.9 Å². The average Bonchev–Trinajstić information content (AvgIpc) is 2.86. The van der Waals surface area contributed by atoms with Gasteiger partial charge in [-0.1, -0.05) is 28.8 Å². The van der Waals surface area contributed by atoms with Gasteiger partial charge in [-0.15, -0.1) is 0 Å². The minimum Gasteiger partial charge on any atom is -0.497 e. The zero-order valence-corrected chi connectivity index (χ0v) is 12.1. The van der Waals surface area contributed by atoms with Gasteiger partial charge in [0.15, 0.2) is 0 Å². The highest BCUT2D eigenvalue weighted by atomic mass is 79.9.